The largest absolute Gasteiger partial charge is 0.465 e. The van der Waals surface area contributed by atoms with Crippen molar-refractivity contribution >= 4 is 5.91 Å². The molecule has 2 aliphatic rings. The standard InChI is InChI=1S/C19H30N2O3/c1-2-16-5-6-17(24-16)13-20-10-3-8-19(14-20)9-7-18(23)21(15-19)11-4-12-22/h5-6,22H,2-4,7-15H2,1H3/t19-/m1/s1. The zero-order chi connectivity index (χ0) is 17.0. The Balaban J connectivity index is 1.62. The maximum atomic E-state index is 12.2. The Morgan fingerprint density at radius 1 is 1.25 bits per heavy atom. The van der Waals surface area contributed by atoms with E-state index in [0.29, 0.717) is 19.4 Å². The first-order valence-corrected chi connectivity index (χ1v) is 9.33. The first-order valence-electron chi connectivity index (χ1n) is 9.33. The van der Waals surface area contributed by atoms with Gasteiger partial charge in [0.15, 0.2) is 0 Å². The smallest absolute Gasteiger partial charge is 0.222 e. The molecule has 1 N–H and O–H groups in total. The van der Waals surface area contributed by atoms with Crippen LogP contribution in [0.15, 0.2) is 16.5 Å². The Morgan fingerprint density at radius 3 is 2.83 bits per heavy atom. The van der Waals surface area contributed by atoms with E-state index in [1.807, 2.05) is 4.90 Å². The van der Waals surface area contributed by atoms with Crippen molar-refractivity contribution in [2.75, 3.05) is 32.8 Å². The third kappa shape index (κ3) is 4.01. The molecule has 0 unspecified atom stereocenters. The van der Waals surface area contributed by atoms with Gasteiger partial charge in [-0.1, -0.05) is 6.92 Å². The lowest BCUT2D eigenvalue weighted by Crippen LogP contribution is -2.54. The fraction of sp³-hybridized carbons (Fsp3) is 0.737. The molecule has 2 fully saturated rings. The van der Waals surface area contributed by atoms with Gasteiger partial charge in [-0.3, -0.25) is 9.69 Å². The van der Waals surface area contributed by atoms with Gasteiger partial charge in [-0.05, 0) is 44.4 Å². The van der Waals surface area contributed by atoms with E-state index in [9.17, 15) is 4.79 Å². The van der Waals surface area contributed by atoms with Gasteiger partial charge in [0.1, 0.15) is 11.5 Å². The van der Waals surface area contributed by atoms with Crippen LogP contribution < -0.4 is 0 Å². The molecule has 1 amide bonds. The van der Waals surface area contributed by atoms with Gasteiger partial charge in [0.2, 0.25) is 5.91 Å². The number of aliphatic hydroxyl groups excluding tert-OH is 1. The summed E-state index contributed by atoms with van der Waals surface area (Å²) < 4.78 is 5.87. The number of aryl methyl sites for hydroxylation is 1. The van der Waals surface area contributed by atoms with Gasteiger partial charge < -0.3 is 14.4 Å². The molecule has 0 saturated carbocycles. The van der Waals surface area contributed by atoms with Crippen LogP contribution in [-0.2, 0) is 17.8 Å². The van der Waals surface area contributed by atoms with Crippen LogP contribution in [-0.4, -0.2) is 53.6 Å². The van der Waals surface area contributed by atoms with E-state index in [2.05, 4.69) is 24.0 Å². The van der Waals surface area contributed by atoms with Gasteiger partial charge in [-0.25, -0.2) is 0 Å². The summed E-state index contributed by atoms with van der Waals surface area (Å²) in [4.78, 5) is 16.6. The third-order valence-corrected chi connectivity index (χ3v) is 5.52. The average molecular weight is 334 g/mol. The molecule has 134 valence electrons. The molecule has 2 aliphatic heterocycles. The maximum Gasteiger partial charge on any atom is 0.222 e. The molecule has 0 aromatic carbocycles. The lowest BCUT2D eigenvalue weighted by Gasteiger charge is -2.48. The highest BCUT2D eigenvalue weighted by Gasteiger charge is 2.41. The van der Waals surface area contributed by atoms with E-state index in [1.165, 1.54) is 12.8 Å². The number of hydrogen-bond acceptors (Lipinski definition) is 4. The Hall–Kier alpha value is -1.33. The van der Waals surface area contributed by atoms with Gasteiger partial charge in [-0.2, -0.15) is 0 Å². The molecule has 1 spiro atoms. The van der Waals surface area contributed by atoms with Gasteiger partial charge in [0, 0.05) is 44.5 Å². The number of hydrogen-bond donors (Lipinski definition) is 1. The fourth-order valence-corrected chi connectivity index (χ4v) is 4.26. The van der Waals surface area contributed by atoms with Crippen LogP contribution in [0.5, 0.6) is 0 Å². The summed E-state index contributed by atoms with van der Waals surface area (Å²) in [7, 11) is 0. The predicted molar refractivity (Wildman–Crippen MR) is 92.5 cm³/mol. The van der Waals surface area contributed by atoms with Crippen LogP contribution in [0.1, 0.15) is 50.5 Å². The monoisotopic (exact) mass is 334 g/mol. The predicted octanol–water partition coefficient (Wildman–Crippen LogP) is 2.43. The van der Waals surface area contributed by atoms with Gasteiger partial charge in [0.25, 0.3) is 0 Å². The second kappa shape index (κ2) is 7.70. The zero-order valence-corrected chi connectivity index (χ0v) is 14.8. The lowest BCUT2D eigenvalue weighted by atomic mass is 9.73. The molecule has 1 aromatic rings. The summed E-state index contributed by atoms with van der Waals surface area (Å²) in [5, 5.41) is 9.06. The molecule has 3 heterocycles. The van der Waals surface area contributed by atoms with E-state index in [-0.39, 0.29) is 17.9 Å². The normalized spacial score (nSPS) is 25.6. The minimum atomic E-state index is 0.154. The van der Waals surface area contributed by atoms with Gasteiger partial charge >= 0.3 is 0 Å². The SMILES string of the molecule is CCc1ccc(CN2CCC[C@@]3(CCC(=O)N(CCCO)C3)C2)o1. The molecule has 0 bridgehead atoms. The molecule has 1 atom stereocenters. The summed E-state index contributed by atoms with van der Waals surface area (Å²) >= 11 is 0. The van der Waals surface area contributed by atoms with Crippen molar-refractivity contribution in [2.45, 2.75) is 52.0 Å². The first kappa shape index (κ1) is 17.5. The summed E-state index contributed by atoms with van der Waals surface area (Å²) in [6, 6.07) is 4.17. The minimum Gasteiger partial charge on any atom is -0.465 e. The highest BCUT2D eigenvalue weighted by Crippen LogP contribution is 2.39. The molecule has 2 saturated heterocycles. The van der Waals surface area contributed by atoms with Crippen molar-refractivity contribution in [3.8, 4) is 0 Å². The second-order valence-electron chi connectivity index (χ2n) is 7.43. The van der Waals surface area contributed by atoms with E-state index in [0.717, 1.165) is 50.5 Å². The van der Waals surface area contributed by atoms with E-state index < -0.39 is 0 Å². The number of rotatable bonds is 6. The van der Waals surface area contributed by atoms with Crippen molar-refractivity contribution in [3.05, 3.63) is 23.7 Å². The molecular formula is C19H30N2O3. The highest BCUT2D eigenvalue weighted by atomic mass is 16.3. The number of nitrogens with zero attached hydrogens (tertiary/aromatic N) is 2. The zero-order valence-electron chi connectivity index (χ0n) is 14.8. The summed E-state index contributed by atoms with van der Waals surface area (Å²) in [6.07, 6.45) is 5.65. The number of carbonyl (C=O) groups is 1. The molecule has 0 radical (unpaired) electrons. The van der Waals surface area contributed by atoms with Crippen molar-refractivity contribution in [2.24, 2.45) is 5.41 Å². The molecule has 5 heteroatoms. The molecule has 24 heavy (non-hydrogen) atoms. The Labute approximate surface area is 144 Å². The van der Waals surface area contributed by atoms with Crippen molar-refractivity contribution in [3.63, 3.8) is 0 Å². The molecule has 1 aromatic heterocycles. The van der Waals surface area contributed by atoms with Gasteiger partial charge in [-0.15, -0.1) is 0 Å². The van der Waals surface area contributed by atoms with Crippen LogP contribution in [0.2, 0.25) is 0 Å². The fourth-order valence-electron chi connectivity index (χ4n) is 4.26. The van der Waals surface area contributed by atoms with Crippen LogP contribution in [0.4, 0.5) is 0 Å². The number of piperidine rings is 2. The van der Waals surface area contributed by atoms with Crippen LogP contribution in [0.25, 0.3) is 0 Å². The highest BCUT2D eigenvalue weighted by molar-refractivity contribution is 5.77. The maximum absolute atomic E-state index is 12.2. The number of furan rings is 1. The lowest BCUT2D eigenvalue weighted by molar-refractivity contribution is -0.139. The Kier molecular flexibility index (Phi) is 5.61. The summed E-state index contributed by atoms with van der Waals surface area (Å²) in [5.41, 5.74) is 0.224. The average Bonchev–Trinajstić information content (AvgIpc) is 3.04. The van der Waals surface area contributed by atoms with Crippen LogP contribution in [0.3, 0.4) is 0 Å². The minimum absolute atomic E-state index is 0.154. The molecule has 3 rings (SSSR count). The number of amides is 1. The first-order chi connectivity index (χ1) is 11.6. The Bertz CT molecular complexity index is 557. The van der Waals surface area contributed by atoms with E-state index in [1.54, 1.807) is 0 Å². The van der Waals surface area contributed by atoms with Crippen molar-refractivity contribution < 1.29 is 14.3 Å². The Morgan fingerprint density at radius 2 is 2.08 bits per heavy atom. The molecule has 0 aliphatic carbocycles. The second-order valence-corrected chi connectivity index (χ2v) is 7.43. The van der Waals surface area contributed by atoms with Crippen LogP contribution in [0, 0.1) is 5.41 Å². The number of aliphatic hydroxyl groups is 1. The molecule has 5 nitrogen and oxygen atoms in total. The van der Waals surface area contributed by atoms with Gasteiger partial charge in [0.05, 0.1) is 6.54 Å². The van der Waals surface area contributed by atoms with E-state index in [4.69, 9.17) is 9.52 Å². The number of likely N-dealkylation sites (tertiary alicyclic amines) is 2. The summed E-state index contributed by atoms with van der Waals surface area (Å²) in [6.45, 7) is 6.81. The third-order valence-electron chi connectivity index (χ3n) is 5.52. The van der Waals surface area contributed by atoms with Crippen molar-refractivity contribution in [1.29, 1.82) is 0 Å². The quantitative estimate of drug-likeness (QED) is 0.868. The van der Waals surface area contributed by atoms with Crippen LogP contribution >= 0.6 is 0 Å². The van der Waals surface area contributed by atoms with E-state index >= 15 is 0 Å². The van der Waals surface area contributed by atoms with Crippen molar-refractivity contribution in [1.82, 2.24) is 9.80 Å². The topological polar surface area (TPSA) is 56.9 Å². The molecular weight excluding hydrogens is 304 g/mol. The number of carbonyl (C=O) groups excluding carboxylic acids is 1. The summed E-state index contributed by atoms with van der Waals surface area (Å²) in [5.74, 6) is 2.35.